The van der Waals surface area contributed by atoms with Gasteiger partial charge in [0.05, 0.1) is 33.4 Å². The molecule has 0 unspecified atom stereocenters. The molecule has 0 atom stereocenters. The number of para-hydroxylation sites is 3. The maximum atomic E-state index is 6.31. The lowest BCUT2D eigenvalue weighted by Gasteiger charge is -2.24. The zero-order chi connectivity index (χ0) is 34.2. The summed E-state index contributed by atoms with van der Waals surface area (Å²) in [5, 5.41) is 4.96. The summed E-state index contributed by atoms with van der Waals surface area (Å²) >= 11 is 0. The number of rotatable bonds is 4. The summed E-state index contributed by atoms with van der Waals surface area (Å²) in [6.45, 7) is 0.588. The summed E-state index contributed by atoms with van der Waals surface area (Å²) in [7, 11) is 0. The first-order chi connectivity index (χ1) is 25.8. The lowest BCUT2D eigenvalue weighted by molar-refractivity contribution is 0.302. The molecule has 0 amide bonds. The molecule has 0 aliphatic carbocycles. The van der Waals surface area contributed by atoms with Crippen molar-refractivity contribution in [3.05, 3.63) is 188 Å². The second kappa shape index (κ2) is 11.3. The molecule has 10 aromatic rings. The van der Waals surface area contributed by atoms with Crippen LogP contribution in [0.5, 0.6) is 5.75 Å². The highest BCUT2D eigenvalue weighted by Gasteiger charge is 2.24. The molecule has 3 nitrogen and oxygen atoms in total. The molecule has 1 aliphatic heterocycles. The number of fused-ring (bicyclic) bond motifs is 9. The number of hydrogen-bond donors (Lipinski definition) is 0. The maximum absolute atomic E-state index is 6.31. The molecule has 0 bridgehead atoms. The first-order valence-corrected chi connectivity index (χ1v) is 17.9. The molecular formula is C49H32N2O. The van der Waals surface area contributed by atoms with Crippen molar-refractivity contribution in [3.8, 4) is 50.5 Å². The molecule has 8 aromatic carbocycles. The van der Waals surface area contributed by atoms with Gasteiger partial charge >= 0.3 is 0 Å². The van der Waals surface area contributed by atoms with Crippen LogP contribution in [-0.2, 0) is 6.61 Å². The summed E-state index contributed by atoms with van der Waals surface area (Å²) in [6, 6.07) is 65.9. The quantitative estimate of drug-likeness (QED) is 0.183. The first kappa shape index (κ1) is 28.9. The normalized spacial score (nSPS) is 12.3. The highest BCUT2D eigenvalue weighted by atomic mass is 16.5. The Bertz CT molecular complexity index is 3020. The lowest BCUT2D eigenvalue weighted by atomic mass is 9.95. The SMILES string of the molecule is c1ccc(-c2ccccc2-n2c3ccccc3c3ccc(-c4ccc5c(c4)c4ccccc4n5-c4cccc5c4-c4ccccc4CO5)cc32)cc1. The summed E-state index contributed by atoms with van der Waals surface area (Å²) in [4.78, 5) is 0. The van der Waals surface area contributed by atoms with Crippen LogP contribution < -0.4 is 4.74 Å². The standard InChI is InChI=1S/C49H32N2O/c1-2-13-32(14-3-1)36-16-6-9-20-42(36)51-43-21-10-7-18-38(43)40-27-25-34(30-47(40)51)33-26-28-45-41(29-33)39-19-8-11-22-44(39)50(45)46-23-12-24-48-49(46)37-17-5-4-15-35(37)31-52-48/h1-30H,31H2. The van der Waals surface area contributed by atoms with Crippen LogP contribution in [-0.4, -0.2) is 9.13 Å². The molecule has 1 aliphatic rings. The molecule has 0 saturated heterocycles. The van der Waals surface area contributed by atoms with E-state index in [1.807, 2.05) is 0 Å². The second-order valence-electron chi connectivity index (χ2n) is 13.6. The van der Waals surface area contributed by atoms with Gasteiger partial charge in [0.15, 0.2) is 0 Å². The lowest BCUT2D eigenvalue weighted by Crippen LogP contribution is -2.08. The fourth-order valence-corrected chi connectivity index (χ4v) is 8.49. The maximum Gasteiger partial charge on any atom is 0.129 e. The van der Waals surface area contributed by atoms with Crippen LogP contribution in [0.2, 0.25) is 0 Å². The van der Waals surface area contributed by atoms with Gasteiger partial charge in [-0.2, -0.15) is 0 Å². The van der Waals surface area contributed by atoms with E-state index < -0.39 is 0 Å². The van der Waals surface area contributed by atoms with Gasteiger partial charge in [0.1, 0.15) is 12.4 Å². The van der Waals surface area contributed by atoms with E-state index in [1.54, 1.807) is 0 Å². The summed E-state index contributed by atoms with van der Waals surface area (Å²) in [6.07, 6.45) is 0. The third-order valence-corrected chi connectivity index (χ3v) is 10.8. The largest absolute Gasteiger partial charge is 0.488 e. The molecule has 3 heteroatoms. The van der Waals surface area contributed by atoms with Crippen LogP contribution in [0.1, 0.15) is 5.56 Å². The van der Waals surface area contributed by atoms with Crippen molar-refractivity contribution in [1.82, 2.24) is 9.13 Å². The van der Waals surface area contributed by atoms with E-state index in [4.69, 9.17) is 4.74 Å². The van der Waals surface area contributed by atoms with Crippen molar-refractivity contribution in [2.75, 3.05) is 0 Å². The minimum absolute atomic E-state index is 0.588. The van der Waals surface area contributed by atoms with E-state index in [0.29, 0.717) is 6.61 Å². The third-order valence-electron chi connectivity index (χ3n) is 10.8. The Kier molecular flexibility index (Phi) is 6.31. The second-order valence-corrected chi connectivity index (χ2v) is 13.6. The molecule has 0 fully saturated rings. The number of benzene rings is 8. The molecule has 52 heavy (non-hydrogen) atoms. The number of nitrogens with zero attached hydrogens (tertiary/aromatic N) is 2. The zero-order valence-corrected chi connectivity index (χ0v) is 28.3. The molecule has 244 valence electrons. The van der Waals surface area contributed by atoms with Crippen molar-refractivity contribution in [1.29, 1.82) is 0 Å². The van der Waals surface area contributed by atoms with Gasteiger partial charge in [0.2, 0.25) is 0 Å². The highest BCUT2D eigenvalue weighted by Crippen LogP contribution is 2.45. The van der Waals surface area contributed by atoms with Gasteiger partial charge in [0.25, 0.3) is 0 Å². The summed E-state index contributed by atoms with van der Waals surface area (Å²) in [5.41, 5.74) is 15.4. The van der Waals surface area contributed by atoms with Crippen LogP contribution in [0.3, 0.4) is 0 Å². The Hall–Kier alpha value is -6.84. The van der Waals surface area contributed by atoms with Crippen molar-refractivity contribution in [2.24, 2.45) is 0 Å². The van der Waals surface area contributed by atoms with Crippen LogP contribution in [0.15, 0.2) is 182 Å². The first-order valence-electron chi connectivity index (χ1n) is 17.9. The topological polar surface area (TPSA) is 19.1 Å². The van der Waals surface area contributed by atoms with Gasteiger partial charge in [-0.15, -0.1) is 0 Å². The molecule has 0 spiro atoms. The average Bonchev–Trinajstić information content (AvgIpc) is 3.73. The molecule has 3 heterocycles. The van der Waals surface area contributed by atoms with Gasteiger partial charge in [-0.25, -0.2) is 0 Å². The van der Waals surface area contributed by atoms with Crippen LogP contribution in [0.25, 0.3) is 88.4 Å². The van der Waals surface area contributed by atoms with Crippen molar-refractivity contribution < 1.29 is 4.74 Å². The molecule has 0 radical (unpaired) electrons. The molecule has 0 N–H and O–H groups in total. The van der Waals surface area contributed by atoms with Crippen molar-refractivity contribution >= 4 is 43.6 Å². The average molecular weight is 665 g/mol. The monoisotopic (exact) mass is 664 g/mol. The summed E-state index contributed by atoms with van der Waals surface area (Å²) in [5.74, 6) is 0.927. The van der Waals surface area contributed by atoms with Gasteiger partial charge < -0.3 is 13.9 Å². The van der Waals surface area contributed by atoms with Crippen LogP contribution >= 0.6 is 0 Å². The number of aromatic nitrogens is 2. The van der Waals surface area contributed by atoms with Gasteiger partial charge in [-0.3, -0.25) is 0 Å². The van der Waals surface area contributed by atoms with E-state index in [0.717, 1.165) is 17.0 Å². The number of hydrogen-bond acceptors (Lipinski definition) is 1. The van der Waals surface area contributed by atoms with Gasteiger partial charge in [-0.1, -0.05) is 133 Å². The third kappa shape index (κ3) is 4.26. The summed E-state index contributed by atoms with van der Waals surface area (Å²) < 4.78 is 11.2. The van der Waals surface area contributed by atoms with Gasteiger partial charge in [0, 0.05) is 32.7 Å². The highest BCUT2D eigenvalue weighted by molar-refractivity contribution is 6.13. The zero-order valence-electron chi connectivity index (χ0n) is 28.3. The van der Waals surface area contributed by atoms with Crippen LogP contribution in [0, 0.1) is 0 Å². The van der Waals surface area contributed by atoms with Crippen molar-refractivity contribution in [3.63, 3.8) is 0 Å². The molecule has 0 saturated carbocycles. The fourth-order valence-electron chi connectivity index (χ4n) is 8.49. The van der Waals surface area contributed by atoms with Crippen LogP contribution in [0.4, 0.5) is 0 Å². The van der Waals surface area contributed by atoms with E-state index in [1.165, 1.54) is 82.7 Å². The molecule has 2 aromatic heterocycles. The van der Waals surface area contributed by atoms with E-state index in [-0.39, 0.29) is 0 Å². The number of ether oxygens (including phenoxy) is 1. The Morgan fingerprint density at radius 3 is 1.81 bits per heavy atom. The van der Waals surface area contributed by atoms with E-state index >= 15 is 0 Å². The minimum atomic E-state index is 0.588. The fraction of sp³-hybridized carbons (Fsp3) is 0.0204. The Labute approximate surface area is 301 Å². The Morgan fingerprint density at radius 2 is 0.962 bits per heavy atom. The molecular weight excluding hydrogens is 633 g/mol. The van der Waals surface area contributed by atoms with Gasteiger partial charge in [-0.05, 0) is 76.3 Å². The van der Waals surface area contributed by atoms with Crippen molar-refractivity contribution in [2.45, 2.75) is 6.61 Å². The van der Waals surface area contributed by atoms with E-state index in [2.05, 4.69) is 191 Å². The minimum Gasteiger partial charge on any atom is -0.488 e. The van der Waals surface area contributed by atoms with E-state index in [9.17, 15) is 0 Å². The Morgan fingerprint density at radius 1 is 0.365 bits per heavy atom. The smallest absolute Gasteiger partial charge is 0.129 e. The predicted octanol–water partition coefficient (Wildman–Crippen LogP) is 12.8. The predicted molar refractivity (Wildman–Crippen MR) is 216 cm³/mol. The Balaban J connectivity index is 1.13. The molecule has 11 rings (SSSR count).